The summed E-state index contributed by atoms with van der Waals surface area (Å²) in [4.78, 5) is 0. The molecule has 6 aliphatic carbocycles. The van der Waals surface area contributed by atoms with Gasteiger partial charge in [0.25, 0.3) is 11.2 Å². The highest BCUT2D eigenvalue weighted by atomic mass is 19.4. The molecule has 2 N–H and O–H groups in total. The maximum Gasteiger partial charge on any atom is 0.426 e. The fraction of sp³-hybridized carbons (Fsp3) is 0.926. The highest BCUT2D eigenvalue weighted by molar-refractivity contribution is 5.18. The number of ether oxygens (including phenoxy) is 4. The van der Waals surface area contributed by atoms with Gasteiger partial charge in [0.2, 0.25) is 0 Å². The van der Waals surface area contributed by atoms with Gasteiger partial charge in [-0.15, -0.1) is 13.2 Å². The molecule has 6 saturated carbocycles. The van der Waals surface area contributed by atoms with E-state index in [2.05, 4.69) is 13.2 Å². The van der Waals surface area contributed by atoms with E-state index in [0.29, 0.717) is 51.6 Å². The van der Waals surface area contributed by atoms with Crippen LogP contribution in [0.2, 0.25) is 0 Å². The lowest BCUT2D eigenvalue weighted by molar-refractivity contribution is -0.395. The molecule has 0 saturated heterocycles. The van der Waals surface area contributed by atoms with E-state index in [1.165, 1.54) is 19.9 Å². The van der Waals surface area contributed by atoms with Crippen LogP contribution < -0.4 is 0 Å². The van der Waals surface area contributed by atoms with Crippen LogP contribution in [0.3, 0.4) is 0 Å². The van der Waals surface area contributed by atoms with Gasteiger partial charge < -0.3 is 29.2 Å². The predicted molar refractivity (Wildman–Crippen MR) is 253 cm³/mol. The molecule has 10 unspecified atom stereocenters. The van der Waals surface area contributed by atoms with Crippen LogP contribution in [0.1, 0.15) is 170 Å². The summed E-state index contributed by atoms with van der Waals surface area (Å²) >= 11 is 0. The number of aliphatic hydroxyl groups is 2. The van der Waals surface area contributed by atoms with Gasteiger partial charge >= 0.3 is 37.1 Å². The van der Waals surface area contributed by atoms with Crippen molar-refractivity contribution in [2.75, 3.05) is 13.2 Å². The van der Waals surface area contributed by atoms with Crippen LogP contribution in [0.5, 0.6) is 0 Å². The molecule has 0 amide bonds. The molecule has 6 nitrogen and oxygen atoms in total. The lowest BCUT2D eigenvalue weighted by Crippen LogP contribution is -2.65. The van der Waals surface area contributed by atoms with E-state index >= 15 is 0 Å². The molecular formula is C54H80F18O6. The van der Waals surface area contributed by atoms with Crippen LogP contribution in [0.4, 0.5) is 79.0 Å². The van der Waals surface area contributed by atoms with Gasteiger partial charge in [-0.2, -0.15) is 79.0 Å². The van der Waals surface area contributed by atoms with Crippen molar-refractivity contribution in [2.45, 2.75) is 242 Å². The molecule has 0 radical (unpaired) electrons. The number of halogens is 18. The van der Waals surface area contributed by atoms with E-state index in [-0.39, 0.29) is 113 Å². The number of rotatable bonds is 19. The third-order valence-corrected chi connectivity index (χ3v) is 18.8. The summed E-state index contributed by atoms with van der Waals surface area (Å²) in [5.41, 5.74) is -16.5. The summed E-state index contributed by atoms with van der Waals surface area (Å²) in [6.07, 6.45) is -27.0. The SMILES string of the molecule is C=CC12CCC(CC1C(O)(C(F)(F)F)C(F)(F)F)C2.C=CC1CCC(OC(C)OCCC)(C(F)(F)F)CC1.CCCOC(C)OC1(C(F)(F)F)CCC(C(CC)CC(C)C23CCC(CC2C(O)(C(F)(F)F)C(F)(F)F)C3)CC1. The van der Waals surface area contributed by atoms with Crippen molar-refractivity contribution >= 4 is 0 Å². The molecule has 6 fully saturated rings. The predicted octanol–water partition coefficient (Wildman–Crippen LogP) is 17.3. The van der Waals surface area contributed by atoms with E-state index in [9.17, 15) is 89.2 Å². The van der Waals surface area contributed by atoms with Gasteiger partial charge in [-0.05, 0) is 182 Å². The van der Waals surface area contributed by atoms with Crippen LogP contribution >= 0.6 is 0 Å². The summed E-state index contributed by atoms with van der Waals surface area (Å²) < 4.78 is 264. The highest BCUT2D eigenvalue weighted by Gasteiger charge is 2.80. The Labute approximate surface area is 446 Å². The number of hydrogen-bond acceptors (Lipinski definition) is 6. The maximum absolute atomic E-state index is 14.2. The molecule has 78 heavy (non-hydrogen) atoms. The molecule has 0 aromatic heterocycles. The first kappa shape index (κ1) is 68.5. The second-order valence-electron chi connectivity index (χ2n) is 23.3. The molecule has 0 aromatic carbocycles. The lowest BCUT2D eigenvalue weighted by Gasteiger charge is -2.50. The van der Waals surface area contributed by atoms with Crippen LogP contribution in [0.15, 0.2) is 25.3 Å². The van der Waals surface area contributed by atoms with Gasteiger partial charge in [0, 0.05) is 25.0 Å². The highest BCUT2D eigenvalue weighted by Crippen LogP contribution is 2.70. The van der Waals surface area contributed by atoms with Gasteiger partial charge in [0.05, 0.1) is 0 Å². The van der Waals surface area contributed by atoms with E-state index in [1.807, 2.05) is 20.8 Å². The molecule has 24 heteroatoms. The van der Waals surface area contributed by atoms with Crippen LogP contribution in [-0.2, 0) is 18.9 Å². The van der Waals surface area contributed by atoms with Crippen molar-refractivity contribution in [2.24, 2.45) is 58.2 Å². The average Bonchev–Trinajstić information content (AvgIpc) is 4.14. The molecule has 0 spiro atoms. The van der Waals surface area contributed by atoms with Crippen molar-refractivity contribution in [1.29, 1.82) is 0 Å². The molecule has 4 bridgehead atoms. The standard InChI is InChI=1S/C28H43F9O3.C14H23F3O2.C12H14F6O/c1-5-13-39-18(4)40-24(26(29,30)31)11-8-21(9-12-24)20(6-2)14-17(3)23-10-7-19(16-23)15-22(23)25(38,27(32,33)34)28(35,36)37;1-4-10-18-11(3)19-13(14(15,16)17)8-6-12(5-2)7-9-13;1-2-9-4-3-7(6-9)5-8(9)10(19,11(13,14)15)12(16,17)18/h17-22,38H,5-16H2,1-4H3;5,11-12H,2,4,6-10H2,1,3H3;2,7-8,19H,1,3-6H2. The summed E-state index contributed by atoms with van der Waals surface area (Å²) in [5, 5.41) is 19.8. The van der Waals surface area contributed by atoms with Crippen molar-refractivity contribution in [3.63, 3.8) is 0 Å². The molecule has 0 aliphatic heterocycles. The van der Waals surface area contributed by atoms with E-state index in [0.717, 1.165) is 6.42 Å². The van der Waals surface area contributed by atoms with E-state index in [4.69, 9.17) is 18.9 Å². The van der Waals surface area contributed by atoms with Gasteiger partial charge in [0.1, 0.15) is 0 Å². The minimum Gasteiger partial charge on any atom is -0.373 e. The maximum atomic E-state index is 14.2. The second-order valence-corrected chi connectivity index (χ2v) is 23.3. The number of fused-ring (bicyclic) bond motifs is 4. The van der Waals surface area contributed by atoms with E-state index < -0.39 is 101 Å². The fourth-order valence-corrected chi connectivity index (χ4v) is 14.5. The van der Waals surface area contributed by atoms with Crippen molar-refractivity contribution in [3.8, 4) is 0 Å². The number of alkyl halides is 18. The Balaban J connectivity index is 0.000000286. The van der Waals surface area contributed by atoms with Crippen LogP contribution in [0.25, 0.3) is 0 Å². The first-order valence-electron chi connectivity index (χ1n) is 27.3. The number of allylic oxidation sites excluding steroid dienone is 2. The monoisotopic (exact) mass is 1170 g/mol. The first-order valence-corrected chi connectivity index (χ1v) is 27.3. The normalized spacial score (nSPS) is 33.6. The molecule has 6 rings (SSSR count). The Morgan fingerprint density at radius 1 is 0.538 bits per heavy atom. The molecular weight excluding hydrogens is 1090 g/mol. The van der Waals surface area contributed by atoms with Crippen molar-refractivity contribution in [3.05, 3.63) is 25.3 Å². The van der Waals surface area contributed by atoms with Crippen LogP contribution in [-0.4, -0.2) is 95.5 Å². The molecule has 0 heterocycles. The zero-order chi connectivity index (χ0) is 59.6. The minimum absolute atomic E-state index is 0.0208. The Kier molecular flexibility index (Phi) is 22.0. The topological polar surface area (TPSA) is 77.4 Å². The van der Waals surface area contributed by atoms with Gasteiger partial charge in [-0.1, -0.05) is 46.3 Å². The van der Waals surface area contributed by atoms with Gasteiger partial charge in [-0.3, -0.25) is 0 Å². The third-order valence-electron chi connectivity index (χ3n) is 18.8. The lowest BCUT2D eigenvalue weighted by atomic mass is 9.58. The van der Waals surface area contributed by atoms with E-state index in [1.54, 1.807) is 13.0 Å². The fourth-order valence-electron chi connectivity index (χ4n) is 14.5. The zero-order valence-electron chi connectivity index (χ0n) is 45.2. The second kappa shape index (κ2) is 25.1. The Hall–Kier alpha value is -2.02. The molecule has 458 valence electrons. The summed E-state index contributed by atoms with van der Waals surface area (Å²) in [5.74, 6) is -5.17. The third kappa shape index (κ3) is 13.8. The summed E-state index contributed by atoms with van der Waals surface area (Å²) in [7, 11) is 0. The van der Waals surface area contributed by atoms with Gasteiger partial charge in [-0.25, -0.2) is 0 Å². The minimum atomic E-state index is -5.88. The zero-order valence-corrected chi connectivity index (χ0v) is 45.2. The van der Waals surface area contributed by atoms with Gasteiger partial charge in [0.15, 0.2) is 23.8 Å². The number of hydrogen-bond donors (Lipinski definition) is 2. The smallest absolute Gasteiger partial charge is 0.373 e. The molecule has 0 aromatic rings. The summed E-state index contributed by atoms with van der Waals surface area (Å²) in [6.45, 7) is 17.9. The Bertz CT molecular complexity index is 1870. The quantitative estimate of drug-likeness (QED) is 0.0762. The van der Waals surface area contributed by atoms with Crippen molar-refractivity contribution in [1.82, 2.24) is 0 Å². The first-order chi connectivity index (χ1) is 35.6. The molecule has 10 atom stereocenters. The van der Waals surface area contributed by atoms with Crippen molar-refractivity contribution < 1.29 is 108 Å². The summed E-state index contributed by atoms with van der Waals surface area (Å²) in [6, 6.07) is 0. The Morgan fingerprint density at radius 3 is 1.29 bits per heavy atom. The average molecular weight is 1170 g/mol. The Morgan fingerprint density at radius 2 is 0.936 bits per heavy atom. The molecule has 6 aliphatic rings. The van der Waals surface area contributed by atoms with Crippen LogP contribution in [0, 0.1) is 58.2 Å². The largest absolute Gasteiger partial charge is 0.426 e.